The van der Waals surface area contributed by atoms with Gasteiger partial charge in [0.1, 0.15) is 6.54 Å². The van der Waals surface area contributed by atoms with Crippen LogP contribution in [0.25, 0.3) is 10.9 Å². The number of para-hydroxylation sites is 1. The molecular weight excluding hydrogens is 323 g/mol. The van der Waals surface area contributed by atoms with E-state index in [-0.39, 0.29) is 0 Å². The summed E-state index contributed by atoms with van der Waals surface area (Å²) in [5, 5.41) is 2.42. The van der Waals surface area contributed by atoms with Gasteiger partial charge in [0, 0.05) is 0 Å². The van der Waals surface area contributed by atoms with Gasteiger partial charge in [-0.1, -0.05) is 12.1 Å². The van der Waals surface area contributed by atoms with Crippen molar-refractivity contribution in [2.75, 3.05) is 5.32 Å². The van der Waals surface area contributed by atoms with Crippen LogP contribution in [-0.4, -0.2) is 15.5 Å². The van der Waals surface area contributed by atoms with Crippen LogP contribution in [0.3, 0.4) is 0 Å². The maximum absolute atomic E-state index is 13.5. The van der Waals surface area contributed by atoms with Gasteiger partial charge in [0.2, 0.25) is 5.91 Å². The van der Waals surface area contributed by atoms with Crippen molar-refractivity contribution in [2.24, 2.45) is 0 Å². The third-order valence-corrected chi connectivity index (χ3v) is 3.35. The molecule has 1 N–H and O–H groups in total. The molecule has 0 unspecified atom stereocenters. The lowest BCUT2D eigenvalue weighted by atomic mass is 10.2. The second-order valence-corrected chi connectivity index (χ2v) is 4.97. The number of carbonyl (C=O) groups is 1. The quantitative estimate of drug-likeness (QED) is 0.749. The molecule has 0 spiro atoms. The van der Waals surface area contributed by atoms with E-state index >= 15 is 0 Å². The van der Waals surface area contributed by atoms with Gasteiger partial charge in [-0.15, -0.1) is 0 Å². The molecule has 0 saturated heterocycles. The van der Waals surface area contributed by atoms with E-state index in [1.165, 1.54) is 6.33 Å². The zero-order chi connectivity index (χ0) is 17.3. The summed E-state index contributed by atoms with van der Waals surface area (Å²) in [7, 11) is 0. The first kappa shape index (κ1) is 15.7. The molecule has 1 aromatic heterocycles. The highest BCUT2D eigenvalue weighted by Crippen LogP contribution is 2.19. The van der Waals surface area contributed by atoms with Crippen LogP contribution >= 0.6 is 0 Å². The van der Waals surface area contributed by atoms with Gasteiger partial charge in [0.05, 0.1) is 22.9 Å². The van der Waals surface area contributed by atoms with E-state index in [1.54, 1.807) is 24.3 Å². The second-order valence-electron chi connectivity index (χ2n) is 4.97. The van der Waals surface area contributed by atoms with Gasteiger partial charge in [0.25, 0.3) is 5.56 Å². The van der Waals surface area contributed by atoms with E-state index in [4.69, 9.17) is 0 Å². The van der Waals surface area contributed by atoms with Crippen molar-refractivity contribution in [3.05, 3.63) is 70.5 Å². The van der Waals surface area contributed by atoms with Gasteiger partial charge < -0.3 is 5.32 Å². The smallest absolute Gasteiger partial charge is 0.261 e. The summed E-state index contributed by atoms with van der Waals surface area (Å²) < 4.78 is 40.6. The Morgan fingerprint density at radius 1 is 1.08 bits per heavy atom. The van der Waals surface area contributed by atoms with Crippen LogP contribution in [0.4, 0.5) is 18.9 Å². The molecule has 1 amide bonds. The van der Waals surface area contributed by atoms with Crippen molar-refractivity contribution in [3.8, 4) is 0 Å². The summed E-state index contributed by atoms with van der Waals surface area (Å²) >= 11 is 0. The Morgan fingerprint density at radius 3 is 2.62 bits per heavy atom. The number of halogens is 3. The summed E-state index contributed by atoms with van der Waals surface area (Å²) in [6.07, 6.45) is 1.19. The molecule has 0 fully saturated rings. The Kier molecular flexibility index (Phi) is 4.03. The Balaban J connectivity index is 1.84. The van der Waals surface area contributed by atoms with E-state index in [0.29, 0.717) is 17.0 Å². The minimum absolute atomic E-state index is 0.326. The van der Waals surface area contributed by atoms with Crippen molar-refractivity contribution in [2.45, 2.75) is 6.54 Å². The zero-order valence-electron chi connectivity index (χ0n) is 12.1. The van der Waals surface area contributed by atoms with Gasteiger partial charge in [-0.3, -0.25) is 14.2 Å². The van der Waals surface area contributed by atoms with Crippen LogP contribution in [0.2, 0.25) is 0 Å². The van der Waals surface area contributed by atoms with Gasteiger partial charge in [0.15, 0.2) is 17.5 Å². The first-order valence-corrected chi connectivity index (χ1v) is 6.85. The van der Waals surface area contributed by atoms with Crippen LogP contribution < -0.4 is 10.9 Å². The molecule has 0 aliphatic rings. The highest BCUT2D eigenvalue weighted by Gasteiger charge is 2.16. The van der Waals surface area contributed by atoms with Gasteiger partial charge in [-0.05, 0) is 24.3 Å². The summed E-state index contributed by atoms with van der Waals surface area (Å²) in [5.41, 5.74) is -0.479. The number of nitrogens with zero attached hydrogens (tertiary/aromatic N) is 2. The number of hydrogen-bond acceptors (Lipinski definition) is 3. The van der Waals surface area contributed by atoms with Crippen molar-refractivity contribution in [3.63, 3.8) is 0 Å². The molecule has 0 aliphatic carbocycles. The van der Waals surface area contributed by atoms with E-state index in [1.807, 2.05) is 0 Å². The first-order valence-electron chi connectivity index (χ1n) is 6.85. The predicted molar refractivity (Wildman–Crippen MR) is 80.9 cm³/mol. The minimum Gasteiger partial charge on any atom is -0.322 e. The normalized spacial score (nSPS) is 10.8. The summed E-state index contributed by atoms with van der Waals surface area (Å²) in [6.45, 7) is -0.449. The number of hydrogen-bond donors (Lipinski definition) is 1. The Hall–Kier alpha value is -3.16. The number of anilines is 1. The van der Waals surface area contributed by atoms with E-state index in [9.17, 15) is 22.8 Å². The van der Waals surface area contributed by atoms with Crippen molar-refractivity contribution in [1.82, 2.24) is 9.55 Å². The Labute approximate surface area is 133 Å². The zero-order valence-corrected chi connectivity index (χ0v) is 12.1. The first-order chi connectivity index (χ1) is 11.5. The number of nitrogens with one attached hydrogen (secondary N) is 1. The number of fused-ring (bicyclic) bond motifs is 1. The fourth-order valence-corrected chi connectivity index (χ4v) is 2.19. The average Bonchev–Trinajstić information content (AvgIpc) is 2.58. The van der Waals surface area contributed by atoms with E-state index in [2.05, 4.69) is 10.3 Å². The van der Waals surface area contributed by atoms with Crippen LogP contribution in [0.5, 0.6) is 0 Å². The summed E-state index contributed by atoms with van der Waals surface area (Å²) in [4.78, 5) is 28.2. The minimum atomic E-state index is -1.68. The van der Waals surface area contributed by atoms with Crippen LogP contribution in [0, 0.1) is 17.5 Å². The molecule has 0 radical (unpaired) electrons. The van der Waals surface area contributed by atoms with Crippen LogP contribution in [0.1, 0.15) is 0 Å². The van der Waals surface area contributed by atoms with Gasteiger partial charge in [-0.2, -0.15) is 0 Å². The molecule has 1 heterocycles. The maximum atomic E-state index is 13.5. The molecule has 0 bridgehead atoms. The highest BCUT2D eigenvalue weighted by molar-refractivity contribution is 5.90. The Bertz CT molecular complexity index is 1000. The fourth-order valence-electron chi connectivity index (χ4n) is 2.19. The number of carbonyl (C=O) groups excluding carboxylic acids is 1. The molecule has 3 rings (SSSR count). The fraction of sp³-hybridized carbons (Fsp3) is 0.0625. The maximum Gasteiger partial charge on any atom is 0.261 e. The monoisotopic (exact) mass is 333 g/mol. The molecule has 3 aromatic rings. The van der Waals surface area contributed by atoms with Gasteiger partial charge >= 0.3 is 0 Å². The summed E-state index contributed by atoms with van der Waals surface area (Å²) in [5.74, 6) is -5.33. The third-order valence-electron chi connectivity index (χ3n) is 3.35. The molecule has 122 valence electrons. The predicted octanol–water partition coefficient (Wildman–Crippen LogP) is 2.45. The van der Waals surface area contributed by atoms with Crippen molar-refractivity contribution < 1.29 is 18.0 Å². The average molecular weight is 333 g/mol. The molecule has 0 aliphatic heterocycles. The highest BCUT2D eigenvalue weighted by atomic mass is 19.2. The Morgan fingerprint density at radius 2 is 1.83 bits per heavy atom. The largest absolute Gasteiger partial charge is 0.322 e. The van der Waals surface area contributed by atoms with Crippen LogP contribution in [-0.2, 0) is 11.3 Å². The van der Waals surface area contributed by atoms with E-state index < -0.39 is 41.2 Å². The van der Waals surface area contributed by atoms with E-state index in [0.717, 1.165) is 10.6 Å². The second kappa shape index (κ2) is 6.15. The lowest BCUT2D eigenvalue weighted by Gasteiger charge is -2.09. The molecule has 0 saturated carbocycles. The van der Waals surface area contributed by atoms with Crippen molar-refractivity contribution in [1.29, 1.82) is 0 Å². The topological polar surface area (TPSA) is 64.0 Å². The van der Waals surface area contributed by atoms with Gasteiger partial charge in [-0.25, -0.2) is 18.2 Å². The number of amides is 1. The molecule has 24 heavy (non-hydrogen) atoms. The number of benzene rings is 2. The molecular formula is C16H10F3N3O2. The molecule has 8 heteroatoms. The molecule has 2 aromatic carbocycles. The lowest BCUT2D eigenvalue weighted by molar-refractivity contribution is -0.116. The standard InChI is InChI=1S/C16H10F3N3O2/c17-10-5-6-12(15(19)14(10)18)21-13(23)7-22-8-20-11-4-2-1-3-9(11)16(22)24/h1-6,8H,7H2,(H,21,23). The van der Waals surface area contributed by atoms with Crippen LogP contribution in [0.15, 0.2) is 47.5 Å². The third kappa shape index (κ3) is 2.85. The number of aromatic nitrogens is 2. The SMILES string of the molecule is O=C(Cn1cnc2ccccc2c1=O)Nc1ccc(F)c(F)c1F. The molecule has 0 atom stereocenters. The number of rotatable bonds is 3. The van der Waals surface area contributed by atoms with Crippen molar-refractivity contribution >= 4 is 22.5 Å². The summed E-state index contributed by atoms with van der Waals surface area (Å²) in [6, 6.07) is 8.18. The molecule has 5 nitrogen and oxygen atoms in total. The lowest BCUT2D eigenvalue weighted by Crippen LogP contribution is -2.28.